The Labute approximate surface area is 90.6 Å². The number of aliphatic hydroxyl groups is 4. The van der Waals surface area contributed by atoms with Gasteiger partial charge in [0.25, 0.3) is 0 Å². The zero-order chi connectivity index (χ0) is 12.3. The maximum Gasteiger partial charge on any atom is 0.329 e. The van der Waals surface area contributed by atoms with Gasteiger partial charge >= 0.3 is 5.97 Å². The van der Waals surface area contributed by atoms with Crippen molar-refractivity contribution in [3.05, 3.63) is 0 Å². The van der Waals surface area contributed by atoms with Crippen molar-refractivity contribution in [2.45, 2.75) is 30.7 Å². The van der Waals surface area contributed by atoms with E-state index in [-0.39, 0.29) is 0 Å². The van der Waals surface area contributed by atoms with Gasteiger partial charge in [-0.05, 0) is 0 Å². The molecule has 1 rings (SSSR count). The van der Waals surface area contributed by atoms with Crippen LogP contribution in [0.2, 0.25) is 0 Å². The van der Waals surface area contributed by atoms with Gasteiger partial charge in [-0.1, -0.05) is 0 Å². The lowest BCUT2D eigenvalue weighted by Crippen LogP contribution is -2.59. The molecule has 0 aromatic carbocycles. The van der Waals surface area contributed by atoms with Crippen LogP contribution in [0.5, 0.6) is 0 Å². The summed E-state index contributed by atoms with van der Waals surface area (Å²) in [6, 6.07) is 0. The second-order valence-corrected chi connectivity index (χ2v) is 3.40. The fourth-order valence-corrected chi connectivity index (χ4v) is 1.36. The van der Waals surface area contributed by atoms with Crippen molar-refractivity contribution < 1.29 is 39.8 Å². The molecular weight excluding hydrogens is 224 g/mol. The van der Waals surface area contributed by atoms with Crippen molar-refractivity contribution >= 4 is 5.97 Å². The molecule has 8 nitrogen and oxygen atoms in total. The number of carbonyl (C=O) groups is 1. The molecule has 0 spiro atoms. The lowest BCUT2D eigenvalue weighted by molar-refractivity contribution is -0.300. The summed E-state index contributed by atoms with van der Waals surface area (Å²) in [4.78, 5) is 10.2. The predicted octanol–water partition coefficient (Wildman–Crippen LogP) is -3.11. The second-order valence-electron chi connectivity index (χ2n) is 3.40. The van der Waals surface area contributed by atoms with E-state index in [4.69, 9.17) is 14.9 Å². The summed E-state index contributed by atoms with van der Waals surface area (Å²) in [6.07, 6.45) is -7.12. The predicted molar refractivity (Wildman–Crippen MR) is 47.4 cm³/mol. The third kappa shape index (κ3) is 2.88. The fourth-order valence-electron chi connectivity index (χ4n) is 1.36. The molecule has 0 aromatic rings. The maximum atomic E-state index is 10.2. The van der Waals surface area contributed by atoms with Crippen LogP contribution in [-0.2, 0) is 14.3 Å². The van der Waals surface area contributed by atoms with Crippen LogP contribution in [0.15, 0.2) is 0 Å². The van der Waals surface area contributed by atoms with E-state index >= 15 is 0 Å². The first-order chi connectivity index (χ1) is 7.47. The average Bonchev–Trinajstić information content (AvgIpc) is 2.25. The molecule has 1 aliphatic rings. The minimum Gasteiger partial charge on any atom is -0.480 e. The molecule has 1 fully saturated rings. The van der Waals surface area contributed by atoms with E-state index in [1.165, 1.54) is 0 Å². The minimum absolute atomic E-state index is 0.585. The first-order valence-electron chi connectivity index (χ1n) is 4.61. The van der Waals surface area contributed by atoms with Gasteiger partial charge in [-0.25, -0.2) is 4.79 Å². The minimum atomic E-state index is -1.57. The third-order valence-electron chi connectivity index (χ3n) is 2.22. The van der Waals surface area contributed by atoms with Gasteiger partial charge in [-0.3, -0.25) is 0 Å². The van der Waals surface area contributed by atoms with Crippen molar-refractivity contribution in [1.82, 2.24) is 0 Å². The Morgan fingerprint density at radius 2 is 1.81 bits per heavy atom. The summed E-state index contributed by atoms with van der Waals surface area (Å²) in [6.45, 7) is -1.30. The Hall–Kier alpha value is -0.770. The quantitative estimate of drug-likeness (QED) is 0.347. The van der Waals surface area contributed by atoms with E-state index in [1.54, 1.807) is 0 Å². The number of hydrogen-bond donors (Lipinski definition) is 5. The molecule has 0 saturated carbocycles. The molecule has 0 bridgehead atoms. The van der Waals surface area contributed by atoms with E-state index < -0.39 is 49.9 Å². The molecule has 1 heterocycles. The number of carboxylic acid groups (broad SMARTS) is 1. The standard InChI is InChI=1S/C8H14O8/c9-1-3-5(12)6(13)7(14)8(16-3)15-2-4(10)11/h3,5-9,12-14H,1-2H2,(H,10,11)/t3?,5-,6?,7-,8-/m1/s1. The lowest BCUT2D eigenvalue weighted by Gasteiger charge is -2.39. The summed E-state index contributed by atoms with van der Waals surface area (Å²) in [7, 11) is 0. The maximum absolute atomic E-state index is 10.2. The molecule has 94 valence electrons. The molecule has 0 amide bonds. The number of aliphatic hydroxyl groups excluding tert-OH is 4. The van der Waals surface area contributed by atoms with Crippen molar-refractivity contribution in [3.8, 4) is 0 Å². The highest BCUT2D eigenvalue weighted by molar-refractivity contribution is 5.68. The first kappa shape index (κ1) is 13.3. The number of hydrogen-bond acceptors (Lipinski definition) is 7. The Bertz CT molecular complexity index is 242. The zero-order valence-corrected chi connectivity index (χ0v) is 8.26. The Kier molecular flexibility index (Phi) is 4.59. The van der Waals surface area contributed by atoms with Crippen LogP contribution >= 0.6 is 0 Å². The molecule has 16 heavy (non-hydrogen) atoms. The molecule has 1 aliphatic heterocycles. The monoisotopic (exact) mass is 238 g/mol. The van der Waals surface area contributed by atoms with E-state index in [2.05, 4.69) is 4.74 Å². The van der Waals surface area contributed by atoms with Gasteiger partial charge in [0.05, 0.1) is 6.61 Å². The molecule has 0 aliphatic carbocycles. The van der Waals surface area contributed by atoms with Crippen LogP contribution in [0.25, 0.3) is 0 Å². The van der Waals surface area contributed by atoms with Gasteiger partial charge in [-0.2, -0.15) is 0 Å². The Balaban J connectivity index is 2.60. The van der Waals surface area contributed by atoms with Crippen molar-refractivity contribution in [1.29, 1.82) is 0 Å². The molecule has 5 atom stereocenters. The highest BCUT2D eigenvalue weighted by Gasteiger charge is 2.44. The van der Waals surface area contributed by atoms with Gasteiger partial charge in [-0.15, -0.1) is 0 Å². The van der Waals surface area contributed by atoms with Gasteiger partial charge in [0.2, 0.25) is 0 Å². The molecule has 0 aromatic heterocycles. The fraction of sp³-hybridized carbons (Fsp3) is 0.875. The van der Waals surface area contributed by atoms with Crippen LogP contribution in [0, 0.1) is 0 Å². The topological polar surface area (TPSA) is 137 Å². The lowest BCUT2D eigenvalue weighted by atomic mass is 9.99. The van der Waals surface area contributed by atoms with Gasteiger partial charge in [0, 0.05) is 0 Å². The second kappa shape index (κ2) is 5.53. The summed E-state index contributed by atoms with van der Waals surface area (Å²) >= 11 is 0. The summed E-state index contributed by atoms with van der Waals surface area (Å²) < 4.78 is 9.54. The summed E-state index contributed by atoms with van der Waals surface area (Å²) in [5.74, 6) is -1.27. The largest absolute Gasteiger partial charge is 0.480 e. The highest BCUT2D eigenvalue weighted by atomic mass is 16.7. The number of rotatable bonds is 4. The molecule has 0 radical (unpaired) electrons. The molecule has 1 saturated heterocycles. The number of ether oxygens (including phenoxy) is 2. The molecular formula is C8H14O8. The van der Waals surface area contributed by atoms with Crippen molar-refractivity contribution in [2.75, 3.05) is 13.2 Å². The van der Waals surface area contributed by atoms with Crippen LogP contribution in [-0.4, -0.2) is 75.4 Å². The smallest absolute Gasteiger partial charge is 0.329 e. The zero-order valence-electron chi connectivity index (χ0n) is 8.26. The van der Waals surface area contributed by atoms with Gasteiger partial charge in [0.15, 0.2) is 6.29 Å². The number of aliphatic carboxylic acids is 1. The SMILES string of the molecule is O=C(O)CO[C@@H]1OC(CO)[C@@H](O)C(O)[C@H]1O. The number of carboxylic acids is 1. The van der Waals surface area contributed by atoms with Crippen LogP contribution in [0.1, 0.15) is 0 Å². The molecule has 2 unspecified atom stereocenters. The van der Waals surface area contributed by atoms with E-state index in [9.17, 15) is 20.1 Å². The van der Waals surface area contributed by atoms with E-state index in [1.807, 2.05) is 0 Å². The highest BCUT2D eigenvalue weighted by Crippen LogP contribution is 2.21. The Morgan fingerprint density at radius 1 is 1.19 bits per heavy atom. The van der Waals surface area contributed by atoms with Gasteiger partial charge in [0.1, 0.15) is 31.0 Å². The first-order valence-corrected chi connectivity index (χ1v) is 4.61. The Morgan fingerprint density at radius 3 is 2.31 bits per heavy atom. The normalized spacial score (nSPS) is 39.6. The third-order valence-corrected chi connectivity index (χ3v) is 2.22. The molecule has 5 N–H and O–H groups in total. The van der Waals surface area contributed by atoms with E-state index in [0.29, 0.717) is 0 Å². The van der Waals surface area contributed by atoms with Crippen molar-refractivity contribution in [3.63, 3.8) is 0 Å². The van der Waals surface area contributed by atoms with Crippen molar-refractivity contribution in [2.24, 2.45) is 0 Å². The van der Waals surface area contributed by atoms with Gasteiger partial charge < -0.3 is 35.0 Å². The van der Waals surface area contributed by atoms with Crippen LogP contribution in [0.3, 0.4) is 0 Å². The van der Waals surface area contributed by atoms with E-state index in [0.717, 1.165) is 0 Å². The molecule has 8 heteroatoms. The average molecular weight is 238 g/mol. The van der Waals surface area contributed by atoms with Crippen LogP contribution < -0.4 is 0 Å². The summed E-state index contributed by atoms with van der Waals surface area (Å²) in [5, 5.41) is 45.3. The van der Waals surface area contributed by atoms with Crippen LogP contribution in [0.4, 0.5) is 0 Å². The summed E-state index contributed by atoms with van der Waals surface area (Å²) in [5.41, 5.74) is 0.